The minimum absolute atomic E-state index is 0. The number of guanidine groups is 1. The van der Waals surface area contributed by atoms with E-state index in [1.54, 1.807) is 7.11 Å². The van der Waals surface area contributed by atoms with Crippen molar-refractivity contribution in [2.45, 2.75) is 32.9 Å². The molecule has 2 rings (SSSR count). The predicted molar refractivity (Wildman–Crippen MR) is 114 cm³/mol. The van der Waals surface area contributed by atoms with Gasteiger partial charge in [0.1, 0.15) is 0 Å². The predicted octanol–water partition coefficient (Wildman–Crippen LogP) is 3.27. The van der Waals surface area contributed by atoms with Crippen molar-refractivity contribution in [2.75, 3.05) is 40.5 Å². The highest BCUT2D eigenvalue weighted by molar-refractivity contribution is 14.0. The molecule has 0 bridgehead atoms. The molecule has 1 aliphatic rings. The van der Waals surface area contributed by atoms with Gasteiger partial charge in [-0.2, -0.15) is 0 Å². The van der Waals surface area contributed by atoms with Gasteiger partial charge in [-0.3, -0.25) is 0 Å². The number of nitrogens with one attached hydrogen (secondary N) is 1. The molecule has 0 unspecified atom stereocenters. The zero-order valence-corrected chi connectivity index (χ0v) is 18.0. The van der Waals surface area contributed by atoms with Gasteiger partial charge in [-0.25, -0.2) is 4.99 Å². The van der Waals surface area contributed by atoms with Crippen LogP contribution >= 0.6 is 24.0 Å². The van der Waals surface area contributed by atoms with E-state index >= 15 is 0 Å². The van der Waals surface area contributed by atoms with Gasteiger partial charge in [0.25, 0.3) is 0 Å². The summed E-state index contributed by atoms with van der Waals surface area (Å²) in [6.07, 6.45) is 2.67. The van der Waals surface area contributed by atoms with Crippen LogP contribution in [-0.2, 0) is 22.6 Å². The summed E-state index contributed by atoms with van der Waals surface area (Å²) < 4.78 is 11.0. The van der Waals surface area contributed by atoms with Crippen LogP contribution in [0.3, 0.4) is 0 Å². The smallest absolute Gasteiger partial charge is 0.194 e. The number of benzene rings is 1. The molecule has 1 aromatic rings. The first-order valence-electron chi connectivity index (χ1n) is 8.87. The molecule has 0 aliphatic heterocycles. The lowest BCUT2D eigenvalue weighted by atomic mass is 10.1. The van der Waals surface area contributed by atoms with Crippen LogP contribution < -0.4 is 5.32 Å². The molecule has 0 atom stereocenters. The Bertz CT molecular complexity index is 521. The number of ether oxygens (including phenoxy) is 2. The lowest BCUT2D eigenvalue weighted by Gasteiger charge is -2.22. The van der Waals surface area contributed by atoms with Gasteiger partial charge in [0.15, 0.2) is 5.96 Å². The zero-order valence-electron chi connectivity index (χ0n) is 15.7. The van der Waals surface area contributed by atoms with Crippen molar-refractivity contribution >= 4 is 29.9 Å². The van der Waals surface area contributed by atoms with Crippen LogP contribution in [0, 0.1) is 5.92 Å². The molecule has 1 aromatic carbocycles. The van der Waals surface area contributed by atoms with E-state index in [0.717, 1.165) is 38.2 Å². The highest BCUT2D eigenvalue weighted by atomic mass is 127. The Morgan fingerprint density at radius 2 is 2.00 bits per heavy atom. The van der Waals surface area contributed by atoms with Gasteiger partial charge in [0.2, 0.25) is 0 Å². The topological polar surface area (TPSA) is 46.1 Å². The van der Waals surface area contributed by atoms with Crippen molar-refractivity contribution in [2.24, 2.45) is 10.9 Å². The normalized spacial score (nSPS) is 14.1. The Kier molecular flexibility index (Phi) is 11.1. The summed E-state index contributed by atoms with van der Waals surface area (Å²) in [5.41, 5.74) is 2.39. The molecule has 1 aliphatic carbocycles. The maximum absolute atomic E-state index is 5.73. The largest absolute Gasteiger partial charge is 0.380 e. The second kappa shape index (κ2) is 12.5. The van der Waals surface area contributed by atoms with Crippen molar-refractivity contribution in [3.63, 3.8) is 0 Å². The maximum atomic E-state index is 5.73. The van der Waals surface area contributed by atoms with Crippen molar-refractivity contribution in [3.8, 4) is 0 Å². The van der Waals surface area contributed by atoms with Gasteiger partial charge >= 0.3 is 0 Å². The number of methoxy groups -OCH3 is 1. The molecule has 0 amide bonds. The number of rotatable bonds is 10. The Labute approximate surface area is 169 Å². The summed E-state index contributed by atoms with van der Waals surface area (Å²) in [6.45, 7) is 6.71. The van der Waals surface area contributed by atoms with Crippen molar-refractivity contribution in [1.29, 1.82) is 0 Å². The molecule has 25 heavy (non-hydrogen) atoms. The Morgan fingerprint density at radius 1 is 1.28 bits per heavy atom. The molecule has 0 aromatic heterocycles. The molecule has 0 radical (unpaired) electrons. The van der Waals surface area contributed by atoms with Gasteiger partial charge in [-0.1, -0.05) is 24.3 Å². The minimum atomic E-state index is 0. The third-order valence-corrected chi connectivity index (χ3v) is 4.14. The van der Waals surface area contributed by atoms with E-state index in [1.807, 2.05) is 12.1 Å². The van der Waals surface area contributed by atoms with Gasteiger partial charge in [-0.15, -0.1) is 24.0 Å². The van der Waals surface area contributed by atoms with Crippen LogP contribution in [0.1, 0.15) is 30.9 Å². The number of hydrogen-bond donors (Lipinski definition) is 1. The van der Waals surface area contributed by atoms with E-state index in [4.69, 9.17) is 14.5 Å². The average molecular weight is 461 g/mol. The number of halogens is 1. The van der Waals surface area contributed by atoms with Crippen molar-refractivity contribution in [1.82, 2.24) is 10.2 Å². The average Bonchev–Trinajstić information content (AvgIpc) is 3.41. The van der Waals surface area contributed by atoms with E-state index in [0.29, 0.717) is 13.2 Å². The molecule has 0 heterocycles. The van der Waals surface area contributed by atoms with E-state index < -0.39 is 0 Å². The lowest BCUT2D eigenvalue weighted by Crippen LogP contribution is -2.40. The summed E-state index contributed by atoms with van der Waals surface area (Å²) in [5, 5.41) is 3.36. The van der Waals surface area contributed by atoms with Crippen LogP contribution in [0.15, 0.2) is 29.3 Å². The molecule has 0 spiro atoms. The molecule has 6 heteroatoms. The molecular weight excluding hydrogens is 429 g/mol. The fourth-order valence-electron chi connectivity index (χ4n) is 2.48. The van der Waals surface area contributed by atoms with Crippen molar-refractivity contribution in [3.05, 3.63) is 35.4 Å². The van der Waals surface area contributed by atoms with Crippen LogP contribution in [0.4, 0.5) is 0 Å². The molecule has 1 fully saturated rings. The van der Waals surface area contributed by atoms with Crippen LogP contribution in [0.25, 0.3) is 0 Å². The summed E-state index contributed by atoms with van der Waals surface area (Å²) in [4.78, 5) is 6.91. The Balaban J connectivity index is 0.00000312. The highest BCUT2D eigenvalue weighted by Crippen LogP contribution is 2.28. The van der Waals surface area contributed by atoms with E-state index in [1.165, 1.54) is 24.0 Å². The number of likely N-dealkylation sites (N-methyl/N-ethyl adjacent to an activating group) is 1. The highest BCUT2D eigenvalue weighted by Gasteiger charge is 2.21. The van der Waals surface area contributed by atoms with Crippen LogP contribution in [0.5, 0.6) is 0 Å². The third-order valence-electron chi connectivity index (χ3n) is 4.14. The summed E-state index contributed by atoms with van der Waals surface area (Å²) in [6, 6.07) is 8.29. The third kappa shape index (κ3) is 8.37. The molecular formula is C19H32IN3O2. The van der Waals surface area contributed by atoms with Gasteiger partial charge < -0.3 is 19.7 Å². The SMILES string of the molecule is CCNC(=NCc1ccccc1COC)N(C)CCOCC1CC1.I. The molecule has 142 valence electrons. The first-order valence-corrected chi connectivity index (χ1v) is 8.87. The Morgan fingerprint density at radius 3 is 2.64 bits per heavy atom. The maximum Gasteiger partial charge on any atom is 0.194 e. The summed E-state index contributed by atoms with van der Waals surface area (Å²) in [5.74, 6) is 1.73. The Hall–Kier alpha value is -0.860. The van der Waals surface area contributed by atoms with Gasteiger partial charge in [0, 0.05) is 33.9 Å². The first-order chi connectivity index (χ1) is 11.7. The zero-order chi connectivity index (χ0) is 17.2. The van der Waals surface area contributed by atoms with Crippen LogP contribution in [-0.4, -0.2) is 51.3 Å². The number of nitrogens with zero attached hydrogens (tertiary/aromatic N) is 2. The second-order valence-corrected chi connectivity index (χ2v) is 6.31. The molecule has 1 saturated carbocycles. The quantitative estimate of drug-likeness (QED) is 0.252. The summed E-state index contributed by atoms with van der Waals surface area (Å²) >= 11 is 0. The molecule has 0 saturated heterocycles. The summed E-state index contributed by atoms with van der Waals surface area (Å²) in [7, 11) is 3.78. The van der Waals surface area contributed by atoms with Crippen LogP contribution in [0.2, 0.25) is 0 Å². The van der Waals surface area contributed by atoms with Gasteiger partial charge in [-0.05, 0) is 36.8 Å². The molecule has 1 N–H and O–H groups in total. The monoisotopic (exact) mass is 461 g/mol. The fraction of sp³-hybridized carbons (Fsp3) is 0.632. The first kappa shape index (κ1) is 22.2. The standard InChI is InChI=1S/C19H31N3O2.HI/c1-4-20-19(22(2)11-12-24-14-16-9-10-16)21-13-17-7-5-6-8-18(17)15-23-3;/h5-8,16H,4,9-15H2,1-3H3,(H,20,21);1H. The minimum Gasteiger partial charge on any atom is -0.380 e. The fourth-order valence-corrected chi connectivity index (χ4v) is 2.48. The van der Waals surface area contributed by atoms with Gasteiger partial charge in [0.05, 0.1) is 19.8 Å². The van der Waals surface area contributed by atoms with E-state index in [2.05, 4.69) is 36.3 Å². The van der Waals surface area contributed by atoms with E-state index in [-0.39, 0.29) is 24.0 Å². The number of hydrogen-bond acceptors (Lipinski definition) is 3. The molecule has 5 nitrogen and oxygen atoms in total. The van der Waals surface area contributed by atoms with E-state index in [9.17, 15) is 0 Å². The number of aliphatic imine (C=N–C) groups is 1. The second-order valence-electron chi connectivity index (χ2n) is 6.31. The van der Waals surface area contributed by atoms with Crippen molar-refractivity contribution < 1.29 is 9.47 Å². The lowest BCUT2D eigenvalue weighted by molar-refractivity contribution is 0.115.